The van der Waals surface area contributed by atoms with E-state index in [1.165, 1.54) is 0 Å². The zero-order chi connectivity index (χ0) is 15.9. The fourth-order valence-electron chi connectivity index (χ4n) is 2.29. The number of benzene rings is 1. The van der Waals surface area contributed by atoms with Crippen molar-refractivity contribution in [3.63, 3.8) is 0 Å². The molecule has 0 fully saturated rings. The van der Waals surface area contributed by atoms with Gasteiger partial charge in [0.15, 0.2) is 0 Å². The summed E-state index contributed by atoms with van der Waals surface area (Å²) in [5.41, 5.74) is 1.30. The quantitative estimate of drug-likeness (QED) is 0.820. The molecule has 0 aliphatic heterocycles. The van der Waals surface area contributed by atoms with Crippen molar-refractivity contribution in [2.75, 3.05) is 38.1 Å². The first-order chi connectivity index (χ1) is 10.7. The van der Waals surface area contributed by atoms with Crippen LogP contribution in [0.2, 0.25) is 5.02 Å². The van der Waals surface area contributed by atoms with Crippen LogP contribution in [0.4, 0.5) is 5.82 Å². The van der Waals surface area contributed by atoms with Gasteiger partial charge in [-0.25, -0.2) is 4.98 Å². The lowest BCUT2D eigenvalue weighted by Gasteiger charge is -2.19. The molecule has 0 aliphatic rings. The van der Waals surface area contributed by atoms with Crippen LogP contribution in [0.3, 0.4) is 0 Å². The Labute approximate surface area is 135 Å². The second-order valence-corrected chi connectivity index (χ2v) is 5.35. The van der Waals surface area contributed by atoms with E-state index in [4.69, 9.17) is 16.7 Å². The summed E-state index contributed by atoms with van der Waals surface area (Å²) in [4.78, 5) is 6.64. The lowest BCUT2D eigenvalue weighted by atomic mass is 10.1. The number of nitriles is 1. The minimum Gasteiger partial charge on any atom is -0.395 e. The maximum atomic E-state index is 9.29. The molecule has 2 rings (SSSR count). The van der Waals surface area contributed by atoms with Crippen molar-refractivity contribution < 1.29 is 5.11 Å². The number of hydrogen-bond donors (Lipinski definition) is 2. The smallest absolute Gasteiger partial charge is 0.128 e. The lowest BCUT2D eigenvalue weighted by Crippen LogP contribution is -2.31. The summed E-state index contributed by atoms with van der Waals surface area (Å²) in [5, 5.41) is 22.8. The average Bonchev–Trinajstić information content (AvgIpc) is 2.53. The minimum atomic E-state index is 0.154. The van der Waals surface area contributed by atoms with Crippen LogP contribution in [0.15, 0.2) is 24.3 Å². The van der Waals surface area contributed by atoms with E-state index in [9.17, 15) is 5.26 Å². The molecule has 0 saturated carbocycles. The van der Waals surface area contributed by atoms with Crippen LogP contribution in [-0.4, -0.2) is 47.8 Å². The second kappa shape index (κ2) is 7.95. The predicted molar refractivity (Wildman–Crippen MR) is 89.2 cm³/mol. The Bertz CT molecular complexity index is 684. The lowest BCUT2D eigenvalue weighted by molar-refractivity contribution is 0.206. The normalized spacial score (nSPS) is 10.9. The summed E-state index contributed by atoms with van der Waals surface area (Å²) < 4.78 is 0. The number of aromatic nitrogens is 1. The van der Waals surface area contributed by atoms with E-state index in [-0.39, 0.29) is 6.61 Å². The molecular formula is C16H19ClN4O. The highest BCUT2D eigenvalue weighted by Crippen LogP contribution is 2.23. The van der Waals surface area contributed by atoms with Crippen LogP contribution < -0.4 is 5.32 Å². The third kappa shape index (κ3) is 4.08. The summed E-state index contributed by atoms with van der Waals surface area (Å²) in [7, 11) is 0. The Balaban J connectivity index is 2.12. The molecule has 6 heteroatoms. The van der Waals surface area contributed by atoms with Gasteiger partial charge in [0.2, 0.25) is 0 Å². The van der Waals surface area contributed by atoms with Crippen LogP contribution in [-0.2, 0) is 0 Å². The van der Waals surface area contributed by atoms with Gasteiger partial charge in [-0.05, 0) is 30.8 Å². The van der Waals surface area contributed by atoms with Crippen LogP contribution in [0.1, 0.15) is 12.5 Å². The molecule has 5 nitrogen and oxygen atoms in total. The summed E-state index contributed by atoms with van der Waals surface area (Å²) in [6.07, 6.45) is 0. The SMILES string of the molecule is CCN(CCO)CCNc1cc(C#N)c2cc(Cl)ccc2n1. The summed E-state index contributed by atoms with van der Waals surface area (Å²) in [6, 6.07) is 9.26. The highest BCUT2D eigenvalue weighted by molar-refractivity contribution is 6.31. The van der Waals surface area contributed by atoms with E-state index in [2.05, 4.69) is 28.2 Å². The van der Waals surface area contributed by atoms with Gasteiger partial charge in [0, 0.05) is 30.0 Å². The third-order valence-corrected chi connectivity index (χ3v) is 3.72. The number of nitrogens with zero attached hydrogens (tertiary/aromatic N) is 3. The van der Waals surface area contributed by atoms with Crippen molar-refractivity contribution in [2.24, 2.45) is 0 Å². The molecule has 116 valence electrons. The number of likely N-dealkylation sites (N-methyl/N-ethyl adjacent to an activating group) is 1. The maximum absolute atomic E-state index is 9.29. The molecule has 0 spiro atoms. The fraction of sp³-hybridized carbons (Fsp3) is 0.375. The van der Waals surface area contributed by atoms with Crippen LogP contribution >= 0.6 is 11.6 Å². The van der Waals surface area contributed by atoms with Crippen molar-refractivity contribution in [1.82, 2.24) is 9.88 Å². The Morgan fingerprint density at radius 1 is 1.36 bits per heavy atom. The first-order valence-electron chi connectivity index (χ1n) is 7.25. The third-order valence-electron chi connectivity index (χ3n) is 3.49. The molecule has 1 aromatic heterocycles. The first kappa shape index (κ1) is 16.5. The number of rotatable bonds is 7. The average molecular weight is 319 g/mol. The molecule has 2 N–H and O–H groups in total. The maximum Gasteiger partial charge on any atom is 0.128 e. The zero-order valence-corrected chi connectivity index (χ0v) is 13.3. The highest BCUT2D eigenvalue weighted by atomic mass is 35.5. The van der Waals surface area contributed by atoms with Gasteiger partial charge in [0.1, 0.15) is 5.82 Å². The van der Waals surface area contributed by atoms with Crippen molar-refractivity contribution >= 4 is 28.3 Å². The number of fused-ring (bicyclic) bond motifs is 1. The minimum absolute atomic E-state index is 0.154. The molecule has 0 aliphatic carbocycles. The largest absolute Gasteiger partial charge is 0.395 e. The van der Waals surface area contributed by atoms with Gasteiger partial charge >= 0.3 is 0 Å². The van der Waals surface area contributed by atoms with Gasteiger partial charge in [-0.15, -0.1) is 0 Å². The van der Waals surface area contributed by atoms with Gasteiger partial charge < -0.3 is 10.4 Å². The molecule has 0 saturated heterocycles. The van der Waals surface area contributed by atoms with Gasteiger partial charge in [0.05, 0.1) is 23.8 Å². The van der Waals surface area contributed by atoms with Gasteiger partial charge in [-0.2, -0.15) is 5.26 Å². The van der Waals surface area contributed by atoms with E-state index in [0.717, 1.165) is 24.0 Å². The Kier molecular flexibility index (Phi) is 5.96. The zero-order valence-electron chi connectivity index (χ0n) is 12.5. The summed E-state index contributed by atoms with van der Waals surface area (Å²) in [5.74, 6) is 0.673. The number of anilines is 1. The van der Waals surface area contributed by atoms with Crippen LogP contribution in [0.5, 0.6) is 0 Å². The van der Waals surface area contributed by atoms with Crippen molar-refractivity contribution in [3.8, 4) is 6.07 Å². The Hall–Kier alpha value is -1.87. The summed E-state index contributed by atoms with van der Waals surface area (Å²) >= 11 is 5.97. The van der Waals surface area contributed by atoms with Crippen molar-refractivity contribution in [1.29, 1.82) is 5.26 Å². The summed E-state index contributed by atoms with van der Waals surface area (Å²) in [6.45, 7) is 5.26. The van der Waals surface area contributed by atoms with E-state index in [0.29, 0.717) is 29.5 Å². The van der Waals surface area contributed by atoms with E-state index in [1.54, 1.807) is 18.2 Å². The van der Waals surface area contributed by atoms with Crippen LogP contribution in [0, 0.1) is 11.3 Å². The molecule has 0 atom stereocenters. The number of aliphatic hydroxyl groups is 1. The molecule has 0 unspecified atom stereocenters. The Morgan fingerprint density at radius 2 is 2.18 bits per heavy atom. The predicted octanol–water partition coefficient (Wildman–Crippen LogP) is 2.49. The van der Waals surface area contributed by atoms with Gasteiger partial charge in [-0.1, -0.05) is 18.5 Å². The van der Waals surface area contributed by atoms with Crippen molar-refractivity contribution in [3.05, 3.63) is 34.9 Å². The molecule has 0 radical (unpaired) electrons. The second-order valence-electron chi connectivity index (χ2n) is 4.91. The fourth-order valence-corrected chi connectivity index (χ4v) is 2.46. The standard InChI is InChI=1S/C16H19ClN4O/c1-2-21(7-8-22)6-5-19-16-9-12(11-18)14-10-13(17)3-4-15(14)20-16/h3-4,9-10,22H,2,5-8H2,1H3,(H,19,20). The number of nitrogens with one attached hydrogen (secondary N) is 1. The number of aliphatic hydroxyl groups excluding tert-OH is 1. The Morgan fingerprint density at radius 3 is 2.86 bits per heavy atom. The van der Waals surface area contributed by atoms with Crippen LogP contribution in [0.25, 0.3) is 10.9 Å². The van der Waals surface area contributed by atoms with Gasteiger partial charge in [0.25, 0.3) is 0 Å². The molecular weight excluding hydrogens is 300 g/mol. The molecule has 22 heavy (non-hydrogen) atoms. The van der Waals surface area contributed by atoms with E-state index < -0.39 is 0 Å². The number of halogens is 1. The van der Waals surface area contributed by atoms with E-state index >= 15 is 0 Å². The first-order valence-corrected chi connectivity index (χ1v) is 7.63. The molecule has 0 bridgehead atoms. The molecule has 1 aromatic carbocycles. The molecule has 2 aromatic rings. The molecule has 1 heterocycles. The van der Waals surface area contributed by atoms with E-state index in [1.807, 2.05) is 6.07 Å². The van der Waals surface area contributed by atoms with Crippen molar-refractivity contribution in [2.45, 2.75) is 6.92 Å². The molecule has 0 amide bonds. The monoisotopic (exact) mass is 318 g/mol. The number of pyridine rings is 1. The number of hydrogen-bond acceptors (Lipinski definition) is 5. The van der Waals surface area contributed by atoms with Gasteiger partial charge in [-0.3, -0.25) is 4.90 Å². The topological polar surface area (TPSA) is 72.2 Å². The highest BCUT2D eigenvalue weighted by Gasteiger charge is 2.07.